The minimum Gasteiger partial charge on any atom is -0.456 e. The largest absolute Gasteiger partial charge is 0.456 e. The van der Waals surface area contributed by atoms with Gasteiger partial charge in [-0.15, -0.1) is 0 Å². The summed E-state index contributed by atoms with van der Waals surface area (Å²) in [6.45, 7) is 17.8. The van der Waals surface area contributed by atoms with Gasteiger partial charge >= 0.3 is 0 Å². The van der Waals surface area contributed by atoms with Gasteiger partial charge in [0.05, 0.1) is 12.3 Å². The maximum absolute atomic E-state index is 6.18. The van der Waals surface area contributed by atoms with Crippen molar-refractivity contribution in [1.82, 2.24) is 0 Å². The van der Waals surface area contributed by atoms with E-state index in [0.717, 1.165) is 29.0 Å². The standard InChI is InChI=1S/C22H23NO/c1-12-7-8-15-16(9-12)18-11-23-20-13(2)14(3)24-21(19(18)20)17(15)10-22(4,5)6/h7-9H,2-3,10-11H2,1,4-6H3. The second-order valence-electron chi connectivity index (χ2n) is 8.12. The zero-order chi connectivity index (χ0) is 17.2. The highest BCUT2D eigenvalue weighted by Crippen LogP contribution is 2.46. The quantitative estimate of drug-likeness (QED) is 0.680. The average molecular weight is 317 g/mol. The number of aliphatic imine (C=N–C) groups is 1. The summed E-state index contributed by atoms with van der Waals surface area (Å²) in [4.78, 5) is 4.76. The smallest absolute Gasteiger partial charge is 0.141 e. The molecule has 2 aliphatic heterocycles. The number of nitrogens with zero attached hydrogens (tertiary/aromatic N) is 1. The van der Waals surface area contributed by atoms with E-state index in [2.05, 4.69) is 59.1 Å². The van der Waals surface area contributed by atoms with Crippen molar-refractivity contribution >= 4 is 16.5 Å². The first kappa shape index (κ1) is 15.2. The lowest BCUT2D eigenvalue weighted by Crippen LogP contribution is -2.19. The molecule has 2 aromatic carbocycles. The summed E-state index contributed by atoms with van der Waals surface area (Å²) in [5, 5.41) is 2.58. The lowest BCUT2D eigenvalue weighted by Gasteiger charge is -2.28. The first-order chi connectivity index (χ1) is 11.3. The molecular formula is C22H23NO. The number of hydrogen-bond acceptors (Lipinski definition) is 2. The Balaban J connectivity index is 2.12. The van der Waals surface area contributed by atoms with Gasteiger partial charge in [0.1, 0.15) is 11.5 Å². The topological polar surface area (TPSA) is 21.6 Å². The molecule has 0 bridgehead atoms. The number of ether oxygens (including phenoxy) is 1. The van der Waals surface area contributed by atoms with Crippen LogP contribution in [0.4, 0.5) is 0 Å². The highest BCUT2D eigenvalue weighted by Gasteiger charge is 2.34. The monoisotopic (exact) mass is 317 g/mol. The van der Waals surface area contributed by atoms with E-state index >= 15 is 0 Å². The Bertz CT molecular complexity index is 954. The van der Waals surface area contributed by atoms with Crippen LogP contribution in [0, 0.1) is 12.3 Å². The van der Waals surface area contributed by atoms with Crippen molar-refractivity contribution in [3.63, 3.8) is 0 Å². The summed E-state index contributed by atoms with van der Waals surface area (Å²) in [5.74, 6) is 1.57. The molecule has 0 saturated heterocycles. The number of allylic oxidation sites excluding steroid dienone is 1. The van der Waals surface area contributed by atoms with Crippen molar-refractivity contribution < 1.29 is 4.74 Å². The third-order valence-corrected chi connectivity index (χ3v) is 4.82. The van der Waals surface area contributed by atoms with Crippen molar-refractivity contribution in [3.8, 4) is 5.75 Å². The van der Waals surface area contributed by atoms with Gasteiger partial charge in [-0.2, -0.15) is 0 Å². The Morgan fingerprint density at radius 2 is 1.92 bits per heavy atom. The summed E-state index contributed by atoms with van der Waals surface area (Å²) < 4.78 is 6.18. The van der Waals surface area contributed by atoms with Gasteiger partial charge in [-0.05, 0) is 35.1 Å². The molecule has 2 aliphatic rings. The molecule has 0 spiro atoms. The van der Waals surface area contributed by atoms with Crippen molar-refractivity contribution in [1.29, 1.82) is 0 Å². The Hall–Kier alpha value is -2.35. The van der Waals surface area contributed by atoms with Crippen LogP contribution in [0.1, 0.15) is 43.0 Å². The van der Waals surface area contributed by atoms with Crippen molar-refractivity contribution in [2.24, 2.45) is 10.4 Å². The molecule has 0 saturated carbocycles. The van der Waals surface area contributed by atoms with Crippen LogP contribution in [-0.2, 0) is 13.0 Å². The molecule has 2 heterocycles. The molecule has 0 aliphatic carbocycles. The molecule has 4 rings (SSSR count). The molecular weight excluding hydrogens is 294 g/mol. The highest BCUT2D eigenvalue weighted by atomic mass is 16.5. The fraction of sp³-hybridized carbons (Fsp3) is 0.318. The Morgan fingerprint density at radius 3 is 2.62 bits per heavy atom. The number of rotatable bonds is 1. The van der Waals surface area contributed by atoms with Crippen LogP contribution in [0.15, 0.2) is 47.7 Å². The van der Waals surface area contributed by atoms with Gasteiger partial charge < -0.3 is 4.74 Å². The second-order valence-corrected chi connectivity index (χ2v) is 8.12. The summed E-state index contributed by atoms with van der Waals surface area (Å²) in [5.41, 5.74) is 6.89. The van der Waals surface area contributed by atoms with Crippen molar-refractivity contribution in [2.75, 3.05) is 0 Å². The summed E-state index contributed by atoms with van der Waals surface area (Å²) >= 11 is 0. The second kappa shape index (κ2) is 4.83. The van der Waals surface area contributed by atoms with Gasteiger partial charge in [0.15, 0.2) is 0 Å². The summed E-state index contributed by atoms with van der Waals surface area (Å²) in [6, 6.07) is 6.69. The predicted molar refractivity (Wildman–Crippen MR) is 101 cm³/mol. The van der Waals surface area contributed by atoms with E-state index in [0.29, 0.717) is 12.3 Å². The van der Waals surface area contributed by atoms with E-state index in [-0.39, 0.29) is 5.41 Å². The van der Waals surface area contributed by atoms with Crippen LogP contribution in [0.5, 0.6) is 5.75 Å². The fourth-order valence-corrected chi connectivity index (χ4v) is 3.75. The Kier molecular flexibility index (Phi) is 3.05. The van der Waals surface area contributed by atoms with Crippen LogP contribution >= 0.6 is 0 Å². The van der Waals surface area contributed by atoms with E-state index in [4.69, 9.17) is 9.73 Å². The third-order valence-electron chi connectivity index (χ3n) is 4.82. The van der Waals surface area contributed by atoms with Gasteiger partial charge in [0.2, 0.25) is 0 Å². The number of hydrogen-bond donors (Lipinski definition) is 0. The Labute approximate surface area is 143 Å². The van der Waals surface area contributed by atoms with Crippen molar-refractivity contribution in [3.05, 3.63) is 64.9 Å². The molecule has 0 unspecified atom stereocenters. The van der Waals surface area contributed by atoms with Crippen LogP contribution in [0.2, 0.25) is 0 Å². The van der Waals surface area contributed by atoms with E-state index < -0.39 is 0 Å². The van der Waals surface area contributed by atoms with Crippen LogP contribution in [0.3, 0.4) is 0 Å². The SMILES string of the molecule is C=C1Oc2c3c(c4cc(C)ccc4c2CC(C)(C)C)CN=C3C1=C. The summed E-state index contributed by atoms with van der Waals surface area (Å²) in [7, 11) is 0. The lowest BCUT2D eigenvalue weighted by atomic mass is 9.81. The average Bonchev–Trinajstić information content (AvgIpc) is 2.92. The number of benzene rings is 2. The van der Waals surface area contributed by atoms with E-state index in [1.165, 1.54) is 27.5 Å². The van der Waals surface area contributed by atoms with Gasteiger partial charge in [0, 0.05) is 16.7 Å². The molecule has 0 fully saturated rings. The van der Waals surface area contributed by atoms with Gasteiger partial charge in [0.25, 0.3) is 0 Å². The predicted octanol–water partition coefficient (Wildman–Crippen LogP) is 5.50. The Morgan fingerprint density at radius 1 is 1.17 bits per heavy atom. The van der Waals surface area contributed by atoms with E-state index in [1.807, 2.05) is 0 Å². The molecule has 2 heteroatoms. The zero-order valence-electron chi connectivity index (χ0n) is 14.9. The molecule has 0 aromatic heterocycles. The third kappa shape index (κ3) is 2.13. The first-order valence-corrected chi connectivity index (χ1v) is 8.45. The number of fused-ring (bicyclic) bond motifs is 2. The number of aryl methyl sites for hydroxylation is 1. The van der Waals surface area contributed by atoms with Gasteiger partial charge in [-0.25, -0.2) is 0 Å². The minimum atomic E-state index is 0.164. The minimum absolute atomic E-state index is 0.164. The molecule has 24 heavy (non-hydrogen) atoms. The molecule has 0 N–H and O–H groups in total. The zero-order valence-corrected chi connectivity index (χ0v) is 14.9. The fourth-order valence-electron chi connectivity index (χ4n) is 3.75. The molecule has 122 valence electrons. The molecule has 0 amide bonds. The maximum Gasteiger partial charge on any atom is 0.141 e. The lowest BCUT2D eigenvalue weighted by molar-refractivity contribution is 0.389. The first-order valence-electron chi connectivity index (χ1n) is 8.45. The molecule has 0 atom stereocenters. The van der Waals surface area contributed by atoms with Crippen molar-refractivity contribution in [2.45, 2.75) is 40.7 Å². The van der Waals surface area contributed by atoms with E-state index in [9.17, 15) is 0 Å². The van der Waals surface area contributed by atoms with E-state index in [1.54, 1.807) is 0 Å². The van der Waals surface area contributed by atoms with Gasteiger partial charge in [-0.3, -0.25) is 4.99 Å². The molecule has 2 aromatic rings. The van der Waals surface area contributed by atoms with Crippen LogP contribution < -0.4 is 4.74 Å². The normalized spacial score (nSPS) is 16.2. The summed E-state index contributed by atoms with van der Waals surface area (Å²) in [6.07, 6.45) is 0.947. The molecule has 0 radical (unpaired) electrons. The van der Waals surface area contributed by atoms with Crippen LogP contribution in [0.25, 0.3) is 10.8 Å². The van der Waals surface area contributed by atoms with Crippen LogP contribution in [-0.4, -0.2) is 5.71 Å². The highest BCUT2D eigenvalue weighted by molar-refractivity contribution is 6.22. The maximum atomic E-state index is 6.18. The van der Waals surface area contributed by atoms with Gasteiger partial charge in [-0.1, -0.05) is 57.7 Å². The molecule has 2 nitrogen and oxygen atoms in total.